The molecule has 0 aliphatic carbocycles. The number of anilines is 2. The summed E-state index contributed by atoms with van der Waals surface area (Å²) in [6.45, 7) is 4.40. The molecular formula is C24H32N4O4S. The summed E-state index contributed by atoms with van der Waals surface area (Å²) in [7, 11) is -3.44. The number of amides is 3. The maximum atomic E-state index is 12.8. The number of hydrogen-bond donors (Lipinski definition) is 3. The predicted octanol–water partition coefficient (Wildman–Crippen LogP) is 3.85. The molecule has 0 aromatic heterocycles. The zero-order valence-electron chi connectivity index (χ0n) is 19.1. The fourth-order valence-corrected chi connectivity index (χ4v) is 5.70. The molecule has 1 saturated heterocycles. The molecule has 2 aromatic rings. The highest BCUT2D eigenvalue weighted by atomic mass is 32.2. The highest BCUT2D eigenvalue weighted by molar-refractivity contribution is 7.89. The number of carbonyl (C=O) groups excluding carboxylic acids is 2. The van der Waals surface area contributed by atoms with Crippen molar-refractivity contribution < 1.29 is 18.0 Å². The molecule has 3 amide bonds. The number of urea groups is 1. The molecule has 9 heteroatoms. The van der Waals surface area contributed by atoms with E-state index in [1.807, 2.05) is 44.2 Å². The molecule has 0 bridgehead atoms. The summed E-state index contributed by atoms with van der Waals surface area (Å²) < 4.78 is 26.5. The van der Waals surface area contributed by atoms with Gasteiger partial charge < -0.3 is 16.0 Å². The topological polar surface area (TPSA) is 108 Å². The Balaban J connectivity index is 1.58. The van der Waals surface area contributed by atoms with Gasteiger partial charge in [-0.2, -0.15) is 4.31 Å². The summed E-state index contributed by atoms with van der Waals surface area (Å²) in [5, 5.41) is 8.45. The van der Waals surface area contributed by atoms with E-state index >= 15 is 0 Å². The van der Waals surface area contributed by atoms with Crippen LogP contribution in [0.4, 0.5) is 16.2 Å². The van der Waals surface area contributed by atoms with E-state index in [1.54, 1.807) is 18.2 Å². The number of nitrogens with one attached hydrogen (secondary N) is 3. The van der Waals surface area contributed by atoms with Gasteiger partial charge in [0.25, 0.3) is 0 Å². The molecule has 178 valence electrons. The van der Waals surface area contributed by atoms with Gasteiger partial charge in [0.15, 0.2) is 0 Å². The summed E-state index contributed by atoms with van der Waals surface area (Å²) in [5.41, 5.74) is 3.14. The molecule has 33 heavy (non-hydrogen) atoms. The number of sulfonamides is 1. The van der Waals surface area contributed by atoms with Crippen LogP contribution in [0.3, 0.4) is 0 Å². The number of aryl methyl sites for hydroxylation is 1. The molecule has 1 atom stereocenters. The molecule has 0 saturated carbocycles. The van der Waals surface area contributed by atoms with Gasteiger partial charge >= 0.3 is 6.03 Å². The van der Waals surface area contributed by atoms with E-state index < -0.39 is 16.1 Å². The van der Waals surface area contributed by atoms with Gasteiger partial charge in [-0.1, -0.05) is 37.6 Å². The lowest BCUT2D eigenvalue weighted by molar-refractivity contribution is -0.125. The van der Waals surface area contributed by atoms with Crippen molar-refractivity contribution >= 4 is 33.3 Å². The Hall–Kier alpha value is -2.91. The van der Waals surface area contributed by atoms with E-state index in [4.69, 9.17) is 0 Å². The van der Waals surface area contributed by atoms with Crippen molar-refractivity contribution in [3.8, 4) is 0 Å². The normalized spacial score (nSPS) is 16.7. The van der Waals surface area contributed by atoms with Gasteiger partial charge in [0, 0.05) is 24.5 Å². The van der Waals surface area contributed by atoms with Gasteiger partial charge in [-0.05, 0) is 61.6 Å². The van der Waals surface area contributed by atoms with Gasteiger partial charge in [-0.15, -0.1) is 0 Å². The molecule has 0 spiro atoms. The highest BCUT2D eigenvalue weighted by Crippen LogP contribution is 2.22. The van der Waals surface area contributed by atoms with Crippen molar-refractivity contribution in [3.63, 3.8) is 0 Å². The highest BCUT2D eigenvalue weighted by Gasteiger charge is 2.35. The van der Waals surface area contributed by atoms with E-state index in [2.05, 4.69) is 16.0 Å². The molecule has 3 rings (SSSR count). The molecule has 1 unspecified atom stereocenters. The zero-order chi connectivity index (χ0) is 23.8. The molecule has 1 fully saturated rings. The fourth-order valence-electron chi connectivity index (χ4n) is 3.96. The first-order valence-electron chi connectivity index (χ1n) is 11.3. The second-order valence-corrected chi connectivity index (χ2v) is 10.3. The van der Waals surface area contributed by atoms with Crippen molar-refractivity contribution in [2.24, 2.45) is 0 Å². The smallest absolute Gasteiger partial charge is 0.323 e. The van der Waals surface area contributed by atoms with Crippen LogP contribution in [-0.4, -0.2) is 43.0 Å². The summed E-state index contributed by atoms with van der Waals surface area (Å²) >= 11 is 0. The molecular weight excluding hydrogens is 440 g/mol. The van der Waals surface area contributed by atoms with Crippen LogP contribution >= 0.6 is 0 Å². The van der Waals surface area contributed by atoms with Crippen LogP contribution in [0.2, 0.25) is 0 Å². The lowest BCUT2D eigenvalue weighted by Crippen LogP contribution is -2.52. The first-order chi connectivity index (χ1) is 15.8. The first-order valence-corrected chi connectivity index (χ1v) is 12.9. The quantitative estimate of drug-likeness (QED) is 0.542. The van der Waals surface area contributed by atoms with Gasteiger partial charge in [-0.25, -0.2) is 13.2 Å². The van der Waals surface area contributed by atoms with Gasteiger partial charge in [0.2, 0.25) is 15.9 Å². The van der Waals surface area contributed by atoms with Crippen LogP contribution in [0.1, 0.15) is 43.7 Å². The molecule has 1 heterocycles. The molecule has 1 aliphatic rings. The van der Waals surface area contributed by atoms with E-state index in [1.165, 1.54) is 4.31 Å². The van der Waals surface area contributed by atoms with Crippen LogP contribution in [0.15, 0.2) is 48.5 Å². The number of rotatable bonds is 8. The number of hydrogen-bond acceptors (Lipinski definition) is 4. The van der Waals surface area contributed by atoms with Crippen LogP contribution in [0.25, 0.3) is 0 Å². The summed E-state index contributed by atoms with van der Waals surface area (Å²) in [5.74, 6) is -0.236. The van der Waals surface area contributed by atoms with Crippen LogP contribution in [0.5, 0.6) is 0 Å². The number of piperidine rings is 1. The molecule has 8 nitrogen and oxygen atoms in total. The van der Waals surface area contributed by atoms with Gasteiger partial charge in [0.1, 0.15) is 6.04 Å². The first kappa shape index (κ1) is 24.7. The average molecular weight is 473 g/mol. The molecule has 1 aliphatic heterocycles. The summed E-state index contributed by atoms with van der Waals surface area (Å²) in [6, 6.07) is 13.7. The molecule has 3 N–H and O–H groups in total. The van der Waals surface area contributed by atoms with Crippen LogP contribution in [-0.2, 0) is 21.4 Å². The Morgan fingerprint density at radius 2 is 1.73 bits per heavy atom. The average Bonchev–Trinajstić information content (AvgIpc) is 2.77. The Kier molecular flexibility index (Phi) is 8.46. The Morgan fingerprint density at radius 3 is 2.42 bits per heavy atom. The Bertz CT molecular complexity index is 1090. The van der Waals surface area contributed by atoms with Crippen molar-refractivity contribution in [1.29, 1.82) is 0 Å². The van der Waals surface area contributed by atoms with Gasteiger partial charge in [0.05, 0.1) is 5.75 Å². The zero-order valence-corrected chi connectivity index (χ0v) is 20.0. The lowest BCUT2D eigenvalue weighted by Gasteiger charge is -2.33. The van der Waals surface area contributed by atoms with E-state index in [0.29, 0.717) is 30.8 Å². The Labute approximate surface area is 195 Å². The number of carbonyl (C=O) groups is 2. The van der Waals surface area contributed by atoms with Crippen molar-refractivity contribution in [2.75, 3.05) is 22.9 Å². The third kappa shape index (κ3) is 7.03. The molecule has 0 radical (unpaired) electrons. The lowest BCUT2D eigenvalue weighted by atomic mass is 10.0. The largest absolute Gasteiger partial charge is 0.351 e. The SMILES string of the molecule is CCCS(=O)(=O)N1CCCCC1C(=O)NCc1cccc(NC(=O)Nc2cccc(C)c2)c1. The van der Waals surface area contributed by atoms with E-state index in [9.17, 15) is 18.0 Å². The maximum absolute atomic E-state index is 12.8. The third-order valence-corrected chi connectivity index (χ3v) is 7.58. The monoisotopic (exact) mass is 472 g/mol. The standard InChI is InChI=1S/C24H32N4O4S/c1-3-14-33(31,32)28-13-5-4-12-22(28)23(29)25-17-19-9-7-11-21(16-19)27-24(30)26-20-10-6-8-18(2)15-20/h6-11,15-16,22H,3-5,12-14,17H2,1-2H3,(H,25,29)(H2,26,27,30). The summed E-state index contributed by atoms with van der Waals surface area (Å²) in [4.78, 5) is 25.1. The molecule has 2 aromatic carbocycles. The predicted molar refractivity (Wildman–Crippen MR) is 131 cm³/mol. The van der Waals surface area contributed by atoms with E-state index in [0.717, 1.165) is 24.0 Å². The van der Waals surface area contributed by atoms with Crippen LogP contribution in [0, 0.1) is 6.92 Å². The third-order valence-electron chi connectivity index (χ3n) is 5.50. The second-order valence-electron chi connectivity index (χ2n) is 8.31. The minimum absolute atomic E-state index is 0.0507. The number of nitrogens with zero attached hydrogens (tertiary/aromatic N) is 1. The van der Waals surface area contributed by atoms with Crippen molar-refractivity contribution in [3.05, 3.63) is 59.7 Å². The minimum atomic E-state index is -3.44. The van der Waals surface area contributed by atoms with Crippen molar-refractivity contribution in [2.45, 2.75) is 52.1 Å². The minimum Gasteiger partial charge on any atom is -0.351 e. The number of benzene rings is 2. The summed E-state index contributed by atoms with van der Waals surface area (Å²) in [6.07, 6.45) is 2.64. The van der Waals surface area contributed by atoms with Crippen LogP contribution < -0.4 is 16.0 Å². The van der Waals surface area contributed by atoms with Gasteiger partial charge in [-0.3, -0.25) is 4.79 Å². The Morgan fingerprint density at radius 1 is 1.03 bits per heavy atom. The fraction of sp³-hybridized carbons (Fsp3) is 0.417. The van der Waals surface area contributed by atoms with Crippen molar-refractivity contribution in [1.82, 2.24) is 9.62 Å². The van der Waals surface area contributed by atoms with E-state index in [-0.39, 0.29) is 24.2 Å². The maximum Gasteiger partial charge on any atom is 0.323 e. The second kappa shape index (κ2) is 11.3.